The number of nitrogens with zero attached hydrogens (tertiary/aromatic N) is 2. The highest BCUT2D eigenvalue weighted by Crippen LogP contribution is 2.25. The Kier molecular flexibility index (Phi) is 8.42. The molecule has 0 spiro atoms. The summed E-state index contributed by atoms with van der Waals surface area (Å²) in [5, 5.41) is 3.00. The summed E-state index contributed by atoms with van der Waals surface area (Å²) in [6, 6.07) is 6.45. The van der Waals surface area contributed by atoms with Gasteiger partial charge in [0.25, 0.3) is 0 Å². The molecule has 6 nitrogen and oxygen atoms in total. The first-order chi connectivity index (χ1) is 13.8. The van der Waals surface area contributed by atoms with Crippen LogP contribution >= 0.6 is 0 Å². The van der Waals surface area contributed by atoms with Crippen LogP contribution in [0.4, 0.5) is 4.79 Å². The Morgan fingerprint density at radius 2 is 2.00 bits per heavy atom. The van der Waals surface area contributed by atoms with Crippen LogP contribution in [0.5, 0.6) is 5.75 Å². The van der Waals surface area contributed by atoms with Gasteiger partial charge in [0.2, 0.25) is 0 Å². The van der Waals surface area contributed by atoms with Crippen molar-refractivity contribution in [2.24, 2.45) is 0 Å². The van der Waals surface area contributed by atoms with Gasteiger partial charge in [-0.05, 0) is 57.0 Å². The molecule has 1 fully saturated rings. The number of carbonyl (C=O) groups is 1. The molecule has 2 heterocycles. The van der Waals surface area contributed by atoms with Crippen LogP contribution in [-0.2, 0) is 17.8 Å². The van der Waals surface area contributed by atoms with Crippen molar-refractivity contribution in [2.45, 2.75) is 52.1 Å². The Hall–Kier alpha value is -1.79. The molecular formula is C22H35N3O3. The summed E-state index contributed by atoms with van der Waals surface area (Å²) in [6.07, 6.45) is 6.13. The largest absolute Gasteiger partial charge is 0.491 e. The molecule has 1 aromatic rings. The monoisotopic (exact) mass is 389 g/mol. The molecule has 2 aliphatic heterocycles. The minimum atomic E-state index is -0.0223. The summed E-state index contributed by atoms with van der Waals surface area (Å²) < 4.78 is 11.2. The van der Waals surface area contributed by atoms with Crippen molar-refractivity contribution in [1.82, 2.24) is 15.1 Å². The normalized spacial score (nSPS) is 18.0. The average Bonchev–Trinajstić information content (AvgIpc) is 3.08. The predicted molar refractivity (Wildman–Crippen MR) is 111 cm³/mol. The van der Waals surface area contributed by atoms with Gasteiger partial charge in [-0.25, -0.2) is 4.79 Å². The molecular weight excluding hydrogens is 354 g/mol. The van der Waals surface area contributed by atoms with Crippen LogP contribution in [0, 0.1) is 0 Å². The number of rotatable bonds is 7. The molecule has 0 atom stereocenters. The van der Waals surface area contributed by atoms with Gasteiger partial charge in [0.15, 0.2) is 0 Å². The van der Waals surface area contributed by atoms with Crippen molar-refractivity contribution in [1.29, 1.82) is 0 Å². The quantitative estimate of drug-likeness (QED) is 0.727. The maximum Gasteiger partial charge on any atom is 0.317 e. The molecule has 0 saturated carbocycles. The van der Waals surface area contributed by atoms with E-state index in [9.17, 15) is 4.79 Å². The van der Waals surface area contributed by atoms with E-state index in [4.69, 9.17) is 9.47 Å². The number of fused-ring (bicyclic) bond motifs is 1. The van der Waals surface area contributed by atoms with E-state index in [0.717, 1.165) is 24.3 Å². The second-order valence-electron chi connectivity index (χ2n) is 7.68. The van der Waals surface area contributed by atoms with E-state index in [1.807, 2.05) is 11.8 Å². The van der Waals surface area contributed by atoms with Crippen molar-refractivity contribution in [3.05, 3.63) is 29.3 Å². The minimum absolute atomic E-state index is 0.0223. The number of nitrogens with one attached hydrogen (secondary N) is 1. The van der Waals surface area contributed by atoms with Crippen LogP contribution in [-0.4, -0.2) is 61.8 Å². The van der Waals surface area contributed by atoms with Gasteiger partial charge >= 0.3 is 6.03 Å². The third-order valence-electron chi connectivity index (χ3n) is 5.44. The lowest BCUT2D eigenvalue weighted by molar-refractivity contribution is 0.143. The van der Waals surface area contributed by atoms with Crippen molar-refractivity contribution >= 4 is 6.03 Å². The zero-order valence-corrected chi connectivity index (χ0v) is 17.3. The minimum Gasteiger partial charge on any atom is -0.491 e. The van der Waals surface area contributed by atoms with Crippen LogP contribution in [0.15, 0.2) is 18.2 Å². The molecule has 2 aliphatic rings. The Bertz CT molecular complexity index is 615. The third-order valence-corrected chi connectivity index (χ3v) is 5.44. The Morgan fingerprint density at radius 1 is 1.18 bits per heavy atom. The van der Waals surface area contributed by atoms with E-state index >= 15 is 0 Å². The van der Waals surface area contributed by atoms with E-state index in [1.165, 1.54) is 44.3 Å². The average molecular weight is 390 g/mol. The number of carbonyl (C=O) groups excluding carboxylic acids is 1. The first kappa shape index (κ1) is 20.9. The van der Waals surface area contributed by atoms with Crippen molar-refractivity contribution in [3.63, 3.8) is 0 Å². The predicted octanol–water partition coefficient (Wildman–Crippen LogP) is 3.39. The van der Waals surface area contributed by atoms with E-state index in [-0.39, 0.29) is 6.03 Å². The number of hydrogen-bond donors (Lipinski definition) is 1. The van der Waals surface area contributed by atoms with Gasteiger partial charge in [0.05, 0.1) is 13.1 Å². The number of ether oxygens (including phenoxy) is 2. The second-order valence-corrected chi connectivity index (χ2v) is 7.68. The first-order valence-electron chi connectivity index (χ1n) is 10.8. The van der Waals surface area contributed by atoms with Gasteiger partial charge in [-0.3, -0.25) is 4.90 Å². The molecule has 1 N–H and O–H groups in total. The summed E-state index contributed by atoms with van der Waals surface area (Å²) >= 11 is 0. The van der Waals surface area contributed by atoms with Crippen LogP contribution in [0.3, 0.4) is 0 Å². The van der Waals surface area contributed by atoms with Crippen molar-refractivity contribution < 1.29 is 14.3 Å². The smallest absolute Gasteiger partial charge is 0.317 e. The molecule has 1 aromatic carbocycles. The molecule has 6 heteroatoms. The summed E-state index contributed by atoms with van der Waals surface area (Å²) in [5.41, 5.74) is 2.41. The van der Waals surface area contributed by atoms with Gasteiger partial charge in [-0.1, -0.05) is 18.9 Å². The summed E-state index contributed by atoms with van der Waals surface area (Å²) in [6.45, 7) is 9.10. The highest BCUT2D eigenvalue weighted by atomic mass is 16.5. The van der Waals surface area contributed by atoms with Crippen LogP contribution in [0.1, 0.15) is 50.2 Å². The number of urea groups is 1. The summed E-state index contributed by atoms with van der Waals surface area (Å²) in [7, 11) is 0. The van der Waals surface area contributed by atoms with Crippen LogP contribution in [0.2, 0.25) is 0 Å². The lowest BCUT2D eigenvalue weighted by Gasteiger charge is -2.22. The fourth-order valence-electron chi connectivity index (χ4n) is 3.90. The number of amides is 2. The van der Waals surface area contributed by atoms with Crippen molar-refractivity contribution in [2.75, 3.05) is 46.0 Å². The molecule has 0 unspecified atom stereocenters. The topological polar surface area (TPSA) is 54.0 Å². The van der Waals surface area contributed by atoms with Gasteiger partial charge in [0.1, 0.15) is 12.4 Å². The zero-order valence-electron chi connectivity index (χ0n) is 17.3. The van der Waals surface area contributed by atoms with E-state index in [1.54, 1.807) is 0 Å². The highest BCUT2D eigenvalue weighted by Gasteiger charge is 2.20. The Morgan fingerprint density at radius 3 is 2.79 bits per heavy atom. The Labute approximate surface area is 169 Å². The van der Waals surface area contributed by atoms with Crippen molar-refractivity contribution in [3.8, 4) is 5.75 Å². The lowest BCUT2D eigenvalue weighted by atomic mass is 10.1. The molecule has 156 valence electrons. The fourth-order valence-corrected chi connectivity index (χ4v) is 3.90. The summed E-state index contributed by atoms with van der Waals surface area (Å²) in [4.78, 5) is 16.9. The van der Waals surface area contributed by atoms with E-state index in [2.05, 4.69) is 28.4 Å². The highest BCUT2D eigenvalue weighted by molar-refractivity contribution is 5.74. The second kappa shape index (κ2) is 11.3. The number of hydrogen-bond acceptors (Lipinski definition) is 4. The summed E-state index contributed by atoms with van der Waals surface area (Å²) in [5.74, 6) is 0.909. The van der Waals surface area contributed by atoms with E-state index < -0.39 is 0 Å². The standard InChI is InChI=1S/C22H35N3O3/c1-2-27-14-7-10-23-22(26)25-13-15-28-21-9-8-19(16-20(21)18-25)17-24-11-5-3-4-6-12-24/h8-9,16H,2-7,10-15,17-18H2,1H3,(H,23,26). The molecule has 28 heavy (non-hydrogen) atoms. The molecule has 3 rings (SSSR count). The number of benzene rings is 1. The van der Waals surface area contributed by atoms with Gasteiger partial charge in [-0.2, -0.15) is 0 Å². The van der Waals surface area contributed by atoms with Crippen LogP contribution < -0.4 is 10.1 Å². The Balaban J connectivity index is 1.56. The molecule has 2 amide bonds. The van der Waals surface area contributed by atoms with Crippen LogP contribution in [0.25, 0.3) is 0 Å². The molecule has 0 aliphatic carbocycles. The maximum atomic E-state index is 12.5. The van der Waals surface area contributed by atoms with Gasteiger partial charge < -0.3 is 19.7 Å². The molecule has 0 aromatic heterocycles. The first-order valence-corrected chi connectivity index (χ1v) is 10.8. The molecule has 1 saturated heterocycles. The van der Waals surface area contributed by atoms with Gasteiger partial charge in [0, 0.05) is 31.9 Å². The SMILES string of the molecule is CCOCCCNC(=O)N1CCOc2ccc(CN3CCCCCC3)cc2C1. The lowest BCUT2D eigenvalue weighted by Crippen LogP contribution is -2.41. The third kappa shape index (κ3) is 6.38. The number of likely N-dealkylation sites (tertiary alicyclic amines) is 1. The molecule has 0 radical (unpaired) electrons. The maximum absolute atomic E-state index is 12.5. The zero-order chi connectivity index (χ0) is 19.6. The molecule has 0 bridgehead atoms. The van der Waals surface area contributed by atoms with Gasteiger partial charge in [-0.15, -0.1) is 0 Å². The van der Waals surface area contributed by atoms with E-state index in [0.29, 0.717) is 39.5 Å². The fraction of sp³-hybridized carbons (Fsp3) is 0.682.